The Morgan fingerprint density at radius 2 is 1.75 bits per heavy atom. The molecule has 0 radical (unpaired) electrons. The minimum absolute atomic E-state index is 0.0486. The first-order valence-corrected chi connectivity index (χ1v) is 11.1. The molecule has 0 aliphatic carbocycles. The van der Waals surface area contributed by atoms with Crippen LogP contribution in [0.2, 0.25) is 0 Å². The second-order valence-electron chi connectivity index (χ2n) is 7.52. The van der Waals surface area contributed by atoms with Crippen LogP contribution in [0.1, 0.15) is 29.7 Å². The fourth-order valence-electron chi connectivity index (χ4n) is 3.90. The van der Waals surface area contributed by atoms with Crippen molar-refractivity contribution >= 4 is 39.1 Å². The van der Waals surface area contributed by atoms with E-state index in [9.17, 15) is 14.7 Å². The third-order valence-electron chi connectivity index (χ3n) is 5.33. The van der Waals surface area contributed by atoms with Gasteiger partial charge < -0.3 is 9.84 Å². The van der Waals surface area contributed by atoms with Crippen LogP contribution in [-0.2, 0) is 9.59 Å². The van der Waals surface area contributed by atoms with Gasteiger partial charge in [-0.2, -0.15) is 0 Å². The zero-order chi connectivity index (χ0) is 22.8. The van der Waals surface area contributed by atoms with E-state index in [1.807, 2.05) is 50.2 Å². The fraction of sp³-hybridized carbons (Fsp3) is 0.154. The van der Waals surface area contributed by atoms with E-state index in [2.05, 4.69) is 15.9 Å². The molecule has 4 rings (SSSR count). The minimum Gasteiger partial charge on any atom is -0.507 e. The number of halogens is 1. The number of hydrogen-bond donors (Lipinski definition) is 1. The van der Waals surface area contributed by atoms with Crippen molar-refractivity contribution in [3.8, 4) is 5.75 Å². The number of amides is 1. The first kappa shape index (κ1) is 21.8. The number of rotatable bonds is 5. The summed E-state index contributed by atoms with van der Waals surface area (Å²) in [6, 6.07) is 20.8. The lowest BCUT2D eigenvalue weighted by atomic mass is 9.95. The number of aryl methyl sites for hydroxylation is 1. The van der Waals surface area contributed by atoms with Gasteiger partial charge in [-0.3, -0.25) is 14.5 Å². The molecule has 3 aromatic carbocycles. The number of carbonyl (C=O) groups excluding carboxylic acids is 2. The Morgan fingerprint density at radius 1 is 1.03 bits per heavy atom. The molecule has 0 bridgehead atoms. The van der Waals surface area contributed by atoms with Gasteiger partial charge in [0.05, 0.1) is 18.2 Å². The molecule has 32 heavy (non-hydrogen) atoms. The van der Waals surface area contributed by atoms with Crippen LogP contribution in [-0.4, -0.2) is 23.4 Å². The van der Waals surface area contributed by atoms with Crippen molar-refractivity contribution in [1.82, 2.24) is 0 Å². The standard InChI is InChI=1S/C26H22BrNO4/c1-3-32-21-9-5-7-18(15-21)23-22(24(29)17-10-12-19(27)13-11-17)25(30)26(31)28(23)20-8-4-6-16(2)14-20/h4-15,23,29H,3H2,1-2H3/b24-22+. The van der Waals surface area contributed by atoms with E-state index in [1.54, 1.807) is 36.4 Å². The highest BCUT2D eigenvalue weighted by Gasteiger charge is 2.47. The molecule has 6 heteroatoms. The van der Waals surface area contributed by atoms with Crippen LogP contribution in [0.25, 0.3) is 5.76 Å². The number of Topliss-reactive ketones (excluding diaryl/α,β-unsaturated/α-hetero) is 1. The molecule has 1 atom stereocenters. The summed E-state index contributed by atoms with van der Waals surface area (Å²) in [6.45, 7) is 4.30. The molecule has 1 fully saturated rings. The molecule has 1 aliphatic heterocycles. The van der Waals surface area contributed by atoms with Gasteiger partial charge in [0.2, 0.25) is 0 Å². The predicted octanol–water partition coefficient (Wildman–Crippen LogP) is 5.78. The molecule has 0 aromatic heterocycles. The number of benzene rings is 3. The van der Waals surface area contributed by atoms with Crippen molar-refractivity contribution in [1.29, 1.82) is 0 Å². The van der Waals surface area contributed by atoms with Gasteiger partial charge in [-0.15, -0.1) is 0 Å². The molecular formula is C26H22BrNO4. The van der Waals surface area contributed by atoms with E-state index in [1.165, 1.54) is 4.90 Å². The summed E-state index contributed by atoms with van der Waals surface area (Å²) in [5, 5.41) is 11.2. The molecule has 0 spiro atoms. The third-order valence-corrected chi connectivity index (χ3v) is 5.86. The van der Waals surface area contributed by atoms with Crippen molar-refractivity contribution in [3.63, 3.8) is 0 Å². The Kier molecular flexibility index (Phi) is 6.15. The van der Waals surface area contributed by atoms with Crippen LogP contribution in [0.3, 0.4) is 0 Å². The summed E-state index contributed by atoms with van der Waals surface area (Å²) in [6.07, 6.45) is 0. The number of anilines is 1. The second kappa shape index (κ2) is 9.01. The topological polar surface area (TPSA) is 66.8 Å². The highest BCUT2D eigenvalue weighted by Crippen LogP contribution is 2.43. The van der Waals surface area contributed by atoms with Gasteiger partial charge in [-0.1, -0.05) is 52.3 Å². The van der Waals surface area contributed by atoms with Gasteiger partial charge in [0, 0.05) is 15.7 Å². The van der Waals surface area contributed by atoms with Crippen molar-refractivity contribution in [2.45, 2.75) is 19.9 Å². The van der Waals surface area contributed by atoms with Crippen LogP contribution < -0.4 is 9.64 Å². The maximum Gasteiger partial charge on any atom is 0.300 e. The van der Waals surface area contributed by atoms with E-state index >= 15 is 0 Å². The smallest absolute Gasteiger partial charge is 0.300 e. The van der Waals surface area contributed by atoms with E-state index in [0.29, 0.717) is 29.2 Å². The first-order valence-electron chi connectivity index (χ1n) is 10.3. The number of carbonyl (C=O) groups is 2. The summed E-state index contributed by atoms with van der Waals surface area (Å²) < 4.78 is 6.48. The maximum atomic E-state index is 13.2. The van der Waals surface area contributed by atoms with Crippen molar-refractivity contribution < 1.29 is 19.4 Å². The van der Waals surface area contributed by atoms with Crippen molar-refractivity contribution in [3.05, 3.63) is 99.5 Å². The number of ether oxygens (including phenoxy) is 1. The summed E-state index contributed by atoms with van der Waals surface area (Å²) >= 11 is 3.38. The van der Waals surface area contributed by atoms with Crippen LogP contribution in [0, 0.1) is 6.92 Å². The summed E-state index contributed by atoms with van der Waals surface area (Å²) in [5.74, 6) is -0.985. The molecular weight excluding hydrogens is 470 g/mol. The zero-order valence-corrected chi connectivity index (χ0v) is 19.3. The monoisotopic (exact) mass is 491 g/mol. The Labute approximate surface area is 195 Å². The predicted molar refractivity (Wildman–Crippen MR) is 128 cm³/mol. The minimum atomic E-state index is -0.791. The van der Waals surface area contributed by atoms with Gasteiger partial charge in [0.25, 0.3) is 11.7 Å². The number of aliphatic hydroxyl groups is 1. The molecule has 5 nitrogen and oxygen atoms in total. The van der Waals surface area contributed by atoms with E-state index in [0.717, 1.165) is 10.0 Å². The number of aliphatic hydroxyl groups excluding tert-OH is 1. The average Bonchev–Trinajstić information content (AvgIpc) is 3.05. The second-order valence-corrected chi connectivity index (χ2v) is 8.44. The van der Waals surface area contributed by atoms with Crippen molar-refractivity contribution in [2.75, 3.05) is 11.5 Å². The highest BCUT2D eigenvalue weighted by molar-refractivity contribution is 9.10. The quantitative estimate of drug-likeness (QED) is 0.279. The van der Waals surface area contributed by atoms with Gasteiger partial charge in [0.15, 0.2) is 0 Å². The highest BCUT2D eigenvalue weighted by atomic mass is 79.9. The van der Waals surface area contributed by atoms with Gasteiger partial charge in [-0.25, -0.2) is 0 Å². The van der Waals surface area contributed by atoms with Crippen LogP contribution in [0.5, 0.6) is 5.75 Å². The normalized spacial score (nSPS) is 17.6. The average molecular weight is 492 g/mol. The van der Waals surface area contributed by atoms with Crippen LogP contribution >= 0.6 is 15.9 Å². The largest absolute Gasteiger partial charge is 0.507 e. The van der Waals surface area contributed by atoms with Crippen LogP contribution in [0.15, 0.2) is 82.8 Å². The lowest BCUT2D eigenvalue weighted by Gasteiger charge is -2.26. The number of hydrogen-bond acceptors (Lipinski definition) is 4. The Balaban J connectivity index is 1.94. The fourth-order valence-corrected chi connectivity index (χ4v) is 4.16. The maximum absolute atomic E-state index is 13.2. The molecule has 1 saturated heterocycles. The summed E-state index contributed by atoms with van der Waals surface area (Å²) in [7, 11) is 0. The SMILES string of the molecule is CCOc1cccc(C2/C(=C(\O)c3ccc(Br)cc3)C(=O)C(=O)N2c2cccc(C)c2)c1. The van der Waals surface area contributed by atoms with E-state index in [-0.39, 0.29) is 11.3 Å². The molecule has 1 aliphatic rings. The lowest BCUT2D eigenvalue weighted by Crippen LogP contribution is -2.29. The van der Waals surface area contributed by atoms with Gasteiger partial charge in [-0.05, 0) is 61.4 Å². The van der Waals surface area contributed by atoms with Crippen molar-refractivity contribution in [2.24, 2.45) is 0 Å². The van der Waals surface area contributed by atoms with Crippen LogP contribution in [0.4, 0.5) is 5.69 Å². The third kappa shape index (κ3) is 4.06. The molecule has 1 N–H and O–H groups in total. The molecule has 0 saturated carbocycles. The molecule has 1 heterocycles. The van der Waals surface area contributed by atoms with Gasteiger partial charge in [0.1, 0.15) is 11.5 Å². The summed E-state index contributed by atoms with van der Waals surface area (Å²) in [5.41, 5.74) is 2.73. The summed E-state index contributed by atoms with van der Waals surface area (Å²) in [4.78, 5) is 27.9. The molecule has 3 aromatic rings. The lowest BCUT2D eigenvalue weighted by molar-refractivity contribution is -0.132. The Bertz CT molecular complexity index is 1220. The molecule has 1 unspecified atom stereocenters. The molecule has 1 amide bonds. The molecule has 162 valence electrons. The number of ketones is 1. The Hall–Kier alpha value is -3.38. The number of nitrogens with zero attached hydrogens (tertiary/aromatic N) is 1. The van der Waals surface area contributed by atoms with E-state index in [4.69, 9.17) is 4.74 Å². The van der Waals surface area contributed by atoms with Gasteiger partial charge >= 0.3 is 0 Å². The van der Waals surface area contributed by atoms with E-state index < -0.39 is 17.7 Å². The Morgan fingerprint density at radius 3 is 2.44 bits per heavy atom. The first-order chi connectivity index (χ1) is 15.4. The zero-order valence-electron chi connectivity index (χ0n) is 17.7.